The first-order valence-electron chi connectivity index (χ1n) is 5.58. The molecule has 1 aromatic heterocycles. The average Bonchev–Trinajstić information content (AvgIpc) is 2.83. The summed E-state index contributed by atoms with van der Waals surface area (Å²) in [6.07, 6.45) is 0. The van der Waals surface area contributed by atoms with Crippen molar-refractivity contribution in [3.05, 3.63) is 40.3 Å². The monoisotopic (exact) mass is 249 g/mol. The number of hydrogen-bond donors (Lipinski definition) is 1. The lowest BCUT2D eigenvalue weighted by molar-refractivity contribution is 0.304. The van der Waals surface area contributed by atoms with Crippen LogP contribution in [0.2, 0.25) is 0 Å². The van der Waals surface area contributed by atoms with Crippen LogP contribution in [0.5, 0.6) is 5.75 Å². The highest BCUT2D eigenvalue weighted by atomic mass is 32.1. The highest BCUT2D eigenvalue weighted by Gasteiger charge is 2.04. The minimum absolute atomic E-state index is 0.480. The summed E-state index contributed by atoms with van der Waals surface area (Å²) < 4.78 is 5.60. The Kier molecular flexibility index (Phi) is 4.46. The third-order valence-electron chi connectivity index (χ3n) is 2.14. The predicted molar refractivity (Wildman–Crippen MR) is 68.1 cm³/mol. The zero-order chi connectivity index (χ0) is 11.9. The molecule has 90 valence electrons. The molecule has 17 heavy (non-hydrogen) atoms. The smallest absolute Gasteiger partial charge is 0.155 e. The van der Waals surface area contributed by atoms with Gasteiger partial charge in [0.1, 0.15) is 17.4 Å². The van der Waals surface area contributed by atoms with Gasteiger partial charge in [0.2, 0.25) is 0 Å². The fourth-order valence-corrected chi connectivity index (χ4v) is 2.04. The van der Waals surface area contributed by atoms with Crippen molar-refractivity contribution in [3.8, 4) is 5.75 Å². The van der Waals surface area contributed by atoms with E-state index < -0.39 is 0 Å². The van der Waals surface area contributed by atoms with Gasteiger partial charge in [-0.2, -0.15) is 0 Å². The topological polar surface area (TPSA) is 47.0 Å². The van der Waals surface area contributed by atoms with Crippen LogP contribution in [0.25, 0.3) is 0 Å². The molecular weight excluding hydrogens is 234 g/mol. The van der Waals surface area contributed by atoms with Gasteiger partial charge in [0.05, 0.1) is 0 Å². The Hall–Kier alpha value is -1.46. The molecule has 0 saturated heterocycles. The minimum atomic E-state index is 0.480. The molecule has 0 radical (unpaired) electrons. The van der Waals surface area contributed by atoms with E-state index in [0.29, 0.717) is 6.61 Å². The molecule has 0 aliphatic carbocycles. The van der Waals surface area contributed by atoms with Gasteiger partial charge in [-0.1, -0.05) is 36.5 Å². The van der Waals surface area contributed by atoms with Gasteiger partial charge in [0, 0.05) is 6.54 Å². The molecule has 0 amide bonds. The van der Waals surface area contributed by atoms with E-state index in [0.717, 1.165) is 28.9 Å². The van der Waals surface area contributed by atoms with E-state index in [1.54, 1.807) is 11.3 Å². The van der Waals surface area contributed by atoms with E-state index in [1.165, 1.54) is 0 Å². The standard InChI is InChI=1S/C12H15N3OS/c1-2-13-8-11-14-15-12(17-11)9-16-10-6-4-3-5-7-10/h3-7,13H,2,8-9H2,1H3. The molecule has 0 aliphatic heterocycles. The number of nitrogens with one attached hydrogen (secondary N) is 1. The predicted octanol–water partition coefficient (Wildman–Crippen LogP) is 2.23. The second kappa shape index (κ2) is 6.32. The quantitative estimate of drug-likeness (QED) is 0.852. The van der Waals surface area contributed by atoms with E-state index in [2.05, 4.69) is 22.4 Å². The van der Waals surface area contributed by atoms with Crippen LogP contribution in [0.15, 0.2) is 30.3 Å². The van der Waals surface area contributed by atoms with Crippen molar-refractivity contribution in [3.63, 3.8) is 0 Å². The van der Waals surface area contributed by atoms with Gasteiger partial charge in [-0.25, -0.2) is 0 Å². The zero-order valence-corrected chi connectivity index (χ0v) is 10.5. The molecule has 0 fully saturated rings. The van der Waals surface area contributed by atoms with E-state index in [-0.39, 0.29) is 0 Å². The first-order chi connectivity index (χ1) is 8.38. The SMILES string of the molecule is CCNCc1nnc(COc2ccccc2)s1. The second-order valence-electron chi connectivity index (χ2n) is 3.47. The summed E-state index contributed by atoms with van der Waals surface area (Å²) in [5, 5.41) is 13.3. The van der Waals surface area contributed by atoms with Gasteiger partial charge >= 0.3 is 0 Å². The first kappa shape index (κ1) is 12.0. The molecule has 2 rings (SSSR count). The first-order valence-corrected chi connectivity index (χ1v) is 6.40. The molecule has 0 spiro atoms. The molecule has 1 aromatic carbocycles. The summed E-state index contributed by atoms with van der Waals surface area (Å²) in [5.41, 5.74) is 0. The molecule has 0 bridgehead atoms. The molecule has 5 heteroatoms. The summed E-state index contributed by atoms with van der Waals surface area (Å²) in [7, 11) is 0. The number of hydrogen-bond acceptors (Lipinski definition) is 5. The molecule has 0 unspecified atom stereocenters. The molecular formula is C12H15N3OS. The fraction of sp³-hybridized carbons (Fsp3) is 0.333. The van der Waals surface area contributed by atoms with Crippen LogP contribution in [0, 0.1) is 0 Å². The van der Waals surface area contributed by atoms with Gasteiger partial charge < -0.3 is 10.1 Å². The number of para-hydroxylation sites is 1. The van der Waals surface area contributed by atoms with E-state index >= 15 is 0 Å². The van der Waals surface area contributed by atoms with Crippen LogP contribution in [0.1, 0.15) is 16.9 Å². The Morgan fingerprint density at radius 2 is 1.94 bits per heavy atom. The van der Waals surface area contributed by atoms with Gasteiger partial charge in [-0.15, -0.1) is 10.2 Å². The van der Waals surface area contributed by atoms with Gasteiger partial charge in [0.15, 0.2) is 5.01 Å². The summed E-state index contributed by atoms with van der Waals surface area (Å²) in [5.74, 6) is 0.857. The van der Waals surface area contributed by atoms with Crippen molar-refractivity contribution in [2.45, 2.75) is 20.1 Å². The zero-order valence-electron chi connectivity index (χ0n) is 9.72. The van der Waals surface area contributed by atoms with Crippen molar-refractivity contribution < 1.29 is 4.74 Å². The van der Waals surface area contributed by atoms with Gasteiger partial charge in [0.25, 0.3) is 0 Å². The van der Waals surface area contributed by atoms with Gasteiger partial charge in [-0.3, -0.25) is 0 Å². The molecule has 0 aliphatic rings. The van der Waals surface area contributed by atoms with Crippen molar-refractivity contribution >= 4 is 11.3 Å². The van der Waals surface area contributed by atoms with E-state index in [4.69, 9.17) is 4.74 Å². The van der Waals surface area contributed by atoms with Crippen LogP contribution in [-0.2, 0) is 13.2 Å². The van der Waals surface area contributed by atoms with Crippen molar-refractivity contribution in [2.75, 3.05) is 6.54 Å². The lowest BCUT2D eigenvalue weighted by Gasteiger charge is -2.01. The largest absolute Gasteiger partial charge is 0.486 e. The third-order valence-corrected chi connectivity index (χ3v) is 3.04. The summed E-state index contributed by atoms with van der Waals surface area (Å²) in [6.45, 7) is 4.27. The van der Waals surface area contributed by atoms with Crippen LogP contribution < -0.4 is 10.1 Å². The highest BCUT2D eigenvalue weighted by Crippen LogP contribution is 2.14. The van der Waals surface area contributed by atoms with Crippen LogP contribution in [0.4, 0.5) is 0 Å². The maximum absolute atomic E-state index is 5.60. The van der Waals surface area contributed by atoms with E-state index in [9.17, 15) is 0 Å². The van der Waals surface area contributed by atoms with Gasteiger partial charge in [-0.05, 0) is 18.7 Å². The molecule has 1 N–H and O–H groups in total. The van der Waals surface area contributed by atoms with Crippen LogP contribution in [-0.4, -0.2) is 16.7 Å². The molecule has 0 saturated carbocycles. The average molecular weight is 249 g/mol. The van der Waals surface area contributed by atoms with E-state index in [1.807, 2.05) is 30.3 Å². The second-order valence-corrected chi connectivity index (χ2v) is 4.62. The van der Waals surface area contributed by atoms with Crippen LogP contribution in [0.3, 0.4) is 0 Å². The number of benzene rings is 1. The Balaban J connectivity index is 1.85. The summed E-state index contributed by atoms with van der Waals surface area (Å²) in [6, 6.07) is 9.73. The van der Waals surface area contributed by atoms with Crippen molar-refractivity contribution in [1.82, 2.24) is 15.5 Å². The third kappa shape index (κ3) is 3.80. The highest BCUT2D eigenvalue weighted by molar-refractivity contribution is 7.11. The molecule has 0 atom stereocenters. The lowest BCUT2D eigenvalue weighted by Crippen LogP contribution is -2.11. The normalized spacial score (nSPS) is 10.4. The molecule has 2 aromatic rings. The maximum Gasteiger partial charge on any atom is 0.155 e. The Labute approximate surface area is 105 Å². The number of rotatable bonds is 6. The molecule has 4 nitrogen and oxygen atoms in total. The number of nitrogens with zero attached hydrogens (tertiary/aromatic N) is 2. The van der Waals surface area contributed by atoms with Crippen molar-refractivity contribution in [1.29, 1.82) is 0 Å². The van der Waals surface area contributed by atoms with Crippen LogP contribution >= 0.6 is 11.3 Å². The molecule has 1 heterocycles. The number of ether oxygens (including phenoxy) is 1. The summed E-state index contributed by atoms with van der Waals surface area (Å²) >= 11 is 1.58. The lowest BCUT2D eigenvalue weighted by atomic mass is 10.3. The maximum atomic E-state index is 5.60. The minimum Gasteiger partial charge on any atom is -0.486 e. The Morgan fingerprint density at radius 1 is 1.18 bits per heavy atom. The van der Waals surface area contributed by atoms with Crippen molar-refractivity contribution in [2.24, 2.45) is 0 Å². The number of aromatic nitrogens is 2. The Morgan fingerprint density at radius 3 is 2.71 bits per heavy atom. The fourth-order valence-electron chi connectivity index (χ4n) is 1.31. The summed E-state index contributed by atoms with van der Waals surface area (Å²) in [4.78, 5) is 0. The Bertz CT molecular complexity index is 444.